The van der Waals surface area contributed by atoms with Crippen LogP contribution in [0.25, 0.3) is 0 Å². The summed E-state index contributed by atoms with van der Waals surface area (Å²) in [6, 6.07) is 2.48. The Morgan fingerprint density at radius 3 is 2.08 bits per heavy atom. The van der Waals surface area contributed by atoms with E-state index >= 15 is 0 Å². The Morgan fingerprint density at radius 1 is 1.08 bits per heavy atom. The van der Waals surface area contributed by atoms with Crippen molar-refractivity contribution >= 4 is 18.2 Å². The van der Waals surface area contributed by atoms with E-state index in [9.17, 15) is 24.6 Å². The lowest BCUT2D eigenvalue weighted by Gasteiger charge is -2.21. The first-order valence-electron chi connectivity index (χ1n) is 7.44. The van der Waals surface area contributed by atoms with Gasteiger partial charge in [-0.1, -0.05) is 0 Å². The highest BCUT2D eigenvalue weighted by molar-refractivity contribution is 5.77. The van der Waals surface area contributed by atoms with E-state index in [0.717, 1.165) is 6.07 Å². The minimum atomic E-state index is -0.544. The molecule has 0 fully saturated rings. The van der Waals surface area contributed by atoms with Crippen molar-refractivity contribution in [1.29, 1.82) is 0 Å². The van der Waals surface area contributed by atoms with Crippen molar-refractivity contribution in [2.24, 2.45) is 0 Å². The topological polar surface area (TPSA) is 113 Å². The number of rotatable bonds is 9. The molecule has 0 amide bonds. The van der Waals surface area contributed by atoms with Gasteiger partial charge in [-0.3, -0.25) is 19.3 Å². The van der Waals surface area contributed by atoms with Gasteiger partial charge >= 0.3 is 11.9 Å². The molecule has 0 aromatic heterocycles. The fourth-order valence-corrected chi connectivity index (χ4v) is 2.08. The SMILES string of the molecule is CCOC(=O)CN(CC(=O)OCC)Cc1cc(C=O)cc(O)c1O. The Morgan fingerprint density at radius 2 is 1.62 bits per heavy atom. The van der Waals surface area contributed by atoms with Crippen LogP contribution in [0.5, 0.6) is 11.5 Å². The first-order valence-corrected chi connectivity index (χ1v) is 7.44. The Hall–Kier alpha value is -2.61. The number of aromatic hydroxyl groups is 2. The summed E-state index contributed by atoms with van der Waals surface area (Å²) in [4.78, 5) is 35.6. The zero-order valence-corrected chi connectivity index (χ0v) is 13.7. The molecule has 0 aliphatic rings. The molecule has 0 unspecified atom stereocenters. The molecule has 0 atom stereocenters. The molecule has 0 saturated heterocycles. The van der Waals surface area contributed by atoms with Crippen LogP contribution in [-0.2, 0) is 25.6 Å². The maximum Gasteiger partial charge on any atom is 0.320 e. The van der Waals surface area contributed by atoms with Gasteiger partial charge in [-0.15, -0.1) is 0 Å². The summed E-state index contributed by atoms with van der Waals surface area (Å²) >= 11 is 0. The van der Waals surface area contributed by atoms with Gasteiger partial charge in [0.05, 0.1) is 26.3 Å². The van der Waals surface area contributed by atoms with Crippen LogP contribution in [0.15, 0.2) is 12.1 Å². The molecule has 0 aliphatic carbocycles. The smallest absolute Gasteiger partial charge is 0.320 e. The standard InChI is InChI=1S/C16H21NO7/c1-3-23-14(20)8-17(9-15(21)24-4-2)7-12-5-11(10-18)6-13(19)16(12)22/h5-6,10,19,22H,3-4,7-9H2,1-2H3. The lowest BCUT2D eigenvalue weighted by molar-refractivity contribution is -0.148. The molecule has 1 aromatic carbocycles. The third kappa shape index (κ3) is 5.88. The van der Waals surface area contributed by atoms with E-state index in [4.69, 9.17) is 9.47 Å². The second-order valence-electron chi connectivity index (χ2n) is 4.92. The lowest BCUT2D eigenvalue weighted by Crippen LogP contribution is -2.35. The van der Waals surface area contributed by atoms with Crippen LogP contribution < -0.4 is 0 Å². The number of hydrogen-bond donors (Lipinski definition) is 2. The minimum Gasteiger partial charge on any atom is -0.504 e. The largest absolute Gasteiger partial charge is 0.504 e. The molecule has 132 valence electrons. The molecule has 0 spiro atoms. The summed E-state index contributed by atoms with van der Waals surface area (Å²) in [6.07, 6.45) is 0.518. The number of phenols is 2. The molecule has 24 heavy (non-hydrogen) atoms. The predicted octanol–water partition coefficient (Wildman–Crippen LogP) is 0.838. The number of carbonyl (C=O) groups is 3. The van der Waals surface area contributed by atoms with Crippen molar-refractivity contribution in [3.05, 3.63) is 23.3 Å². The quantitative estimate of drug-likeness (QED) is 0.386. The number of esters is 2. The van der Waals surface area contributed by atoms with Gasteiger partial charge in [0.25, 0.3) is 0 Å². The van der Waals surface area contributed by atoms with Gasteiger partial charge in [-0.25, -0.2) is 0 Å². The number of nitrogens with zero attached hydrogens (tertiary/aromatic N) is 1. The fourth-order valence-electron chi connectivity index (χ4n) is 2.08. The fraction of sp³-hybridized carbons (Fsp3) is 0.438. The summed E-state index contributed by atoms with van der Waals surface area (Å²) < 4.78 is 9.70. The number of benzene rings is 1. The number of aldehydes is 1. The highest BCUT2D eigenvalue weighted by Crippen LogP contribution is 2.30. The van der Waals surface area contributed by atoms with Gasteiger partial charge in [-0.2, -0.15) is 0 Å². The minimum absolute atomic E-state index is 0.0568. The zero-order chi connectivity index (χ0) is 18.1. The molecule has 0 bridgehead atoms. The van der Waals surface area contributed by atoms with Gasteiger partial charge in [0.2, 0.25) is 0 Å². The Balaban J connectivity index is 2.98. The first kappa shape index (κ1) is 19.4. The van der Waals surface area contributed by atoms with Crippen molar-refractivity contribution < 1.29 is 34.1 Å². The van der Waals surface area contributed by atoms with Crippen LogP contribution >= 0.6 is 0 Å². The van der Waals surface area contributed by atoms with E-state index in [1.807, 2.05) is 0 Å². The van der Waals surface area contributed by atoms with Crippen LogP contribution in [0.1, 0.15) is 29.8 Å². The van der Waals surface area contributed by atoms with Gasteiger partial charge in [0.15, 0.2) is 11.5 Å². The second kappa shape index (κ2) is 9.51. The molecule has 8 nitrogen and oxygen atoms in total. The molecule has 0 radical (unpaired) electrons. The molecule has 1 rings (SSSR count). The number of ether oxygens (including phenoxy) is 2. The van der Waals surface area contributed by atoms with Crippen molar-refractivity contribution in [2.75, 3.05) is 26.3 Å². The average Bonchev–Trinajstić information content (AvgIpc) is 2.51. The summed E-state index contributed by atoms with van der Waals surface area (Å²) in [5.41, 5.74) is 0.359. The maximum atomic E-state index is 11.7. The molecular weight excluding hydrogens is 318 g/mol. The Labute approximate surface area is 139 Å². The van der Waals surface area contributed by atoms with Crippen LogP contribution in [0.2, 0.25) is 0 Å². The summed E-state index contributed by atoms with van der Waals surface area (Å²) in [6.45, 7) is 3.22. The van der Waals surface area contributed by atoms with Crippen LogP contribution in [0.3, 0.4) is 0 Å². The van der Waals surface area contributed by atoms with Crippen LogP contribution in [-0.4, -0.2) is 59.6 Å². The zero-order valence-electron chi connectivity index (χ0n) is 13.7. The average molecular weight is 339 g/mol. The molecule has 0 saturated carbocycles. The molecule has 2 N–H and O–H groups in total. The first-order chi connectivity index (χ1) is 11.4. The van der Waals surface area contributed by atoms with Crippen LogP contribution in [0, 0.1) is 0 Å². The normalized spacial score (nSPS) is 10.5. The predicted molar refractivity (Wildman–Crippen MR) is 83.7 cm³/mol. The molecule has 0 heterocycles. The van der Waals surface area contributed by atoms with Gasteiger partial charge in [-0.05, 0) is 26.0 Å². The van der Waals surface area contributed by atoms with Crippen molar-refractivity contribution in [2.45, 2.75) is 20.4 Å². The number of carbonyl (C=O) groups excluding carboxylic acids is 3. The third-order valence-electron chi connectivity index (χ3n) is 3.04. The third-order valence-corrected chi connectivity index (χ3v) is 3.04. The van der Waals surface area contributed by atoms with E-state index < -0.39 is 23.4 Å². The number of phenolic OH excluding ortho intramolecular Hbond substituents is 2. The van der Waals surface area contributed by atoms with Crippen LogP contribution in [0.4, 0.5) is 0 Å². The van der Waals surface area contributed by atoms with E-state index in [0.29, 0.717) is 6.29 Å². The molecule has 0 aliphatic heterocycles. The van der Waals surface area contributed by atoms with Gasteiger partial charge < -0.3 is 19.7 Å². The maximum absolute atomic E-state index is 11.7. The van der Waals surface area contributed by atoms with Crippen molar-refractivity contribution in [3.8, 4) is 11.5 Å². The van der Waals surface area contributed by atoms with E-state index in [2.05, 4.69) is 0 Å². The van der Waals surface area contributed by atoms with Crippen molar-refractivity contribution in [3.63, 3.8) is 0 Å². The Bertz CT molecular complexity index is 580. The second-order valence-corrected chi connectivity index (χ2v) is 4.92. The molecule has 1 aromatic rings. The summed E-state index contributed by atoms with van der Waals surface area (Å²) in [5, 5.41) is 19.6. The summed E-state index contributed by atoms with van der Waals surface area (Å²) in [7, 11) is 0. The van der Waals surface area contributed by atoms with Crippen molar-refractivity contribution in [1.82, 2.24) is 4.90 Å². The highest BCUT2D eigenvalue weighted by atomic mass is 16.5. The monoisotopic (exact) mass is 339 g/mol. The van der Waals surface area contributed by atoms with E-state index in [1.54, 1.807) is 13.8 Å². The lowest BCUT2D eigenvalue weighted by atomic mass is 10.1. The van der Waals surface area contributed by atoms with Gasteiger partial charge in [0, 0.05) is 17.7 Å². The molecule has 8 heteroatoms. The van der Waals surface area contributed by atoms with E-state index in [1.165, 1.54) is 11.0 Å². The summed E-state index contributed by atoms with van der Waals surface area (Å²) in [5.74, 6) is -1.96. The van der Waals surface area contributed by atoms with Gasteiger partial charge in [0.1, 0.15) is 6.29 Å². The Kier molecular flexibility index (Phi) is 7.70. The molecular formula is C16H21NO7. The number of hydrogen-bond acceptors (Lipinski definition) is 8. The highest BCUT2D eigenvalue weighted by Gasteiger charge is 2.19. The van der Waals surface area contributed by atoms with E-state index in [-0.39, 0.29) is 44.0 Å².